The van der Waals surface area contributed by atoms with E-state index in [-0.39, 0.29) is 6.42 Å². The Balaban J connectivity index is 2.73. The lowest BCUT2D eigenvalue weighted by atomic mass is 10.1. The van der Waals surface area contributed by atoms with E-state index in [4.69, 9.17) is 11.6 Å². The molecule has 0 aliphatic heterocycles. The fraction of sp³-hybridized carbons (Fsp3) is 0.222. The summed E-state index contributed by atoms with van der Waals surface area (Å²) in [5, 5.41) is 0. The van der Waals surface area contributed by atoms with E-state index in [2.05, 4.69) is 0 Å². The van der Waals surface area contributed by atoms with Crippen molar-refractivity contribution in [2.45, 2.75) is 12.5 Å². The molecule has 0 heterocycles. The van der Waals surface area contributed by atoms with Crippen molar-refractivity contribution in [3.8, 4) is 0 Å². The Hall–Kier alpha value is -1.53. The second kappa shape index (κ2) is 4.81. The lowest BCUT2D eigenvalue weighted by molar-refractivity contribution is -0.122. The molecule has 0 saturated carbocycles. The lowest BCUT2D eigenvalue weighted by Crippen LogP contribution is -2.45. The third-order valence-corrected chi connectivity index (χ3v) is 1.92. The van der Waals surface area contributed by atoms with E-state index < -0.39 is 23.6 Å². The van der Waals surface area contributed by atoms with Crippen LogP contribution < -0.4 is 17.0 Å². The van der Waals surface area contributed by atoms with Crippen LogP contribution >= 0.6 is 0 Å². The van der Waals surface area contributed by atoms with Gasteiger partial charge in [-0.05, 0) is 24.1 Å². The zero-order valence-electron chi connectivity index (χ0n) is 7.84. The number of carbonyl (C=O) groups is 1. The van der Waals surface area contributed by atoms with Gasteiger partial charge in [-0.25, -0.2) is 14.6 Å². The van der Waals surface area contributed by atoms with Gasteiger partial charge in [-0.15, -0.1) is 0 Å². The quantitative estimate of drug-likeness (QED) is 0.372. The van der Waals surface area contributed by atoms with Gasteiger partial charge >= 0.3 is 0 Å². The van der Waals surface area contributed by atoms with Crippen molar-refractivity contribution in [3.63, 3.8) is 0 Å². The van der Waals surface area contributed by atoms with Gasteiger partial charge in [-0.3, -0.25) is 10.2 Å². The Bertz CT molecular complexity index is 370. The van der Waals surface area contributed by atoms with Gasteiger partial charge < -0.3 is 5.73 Å². The number of hydrazine groups is 1. The summed E-state index contributed by atoms with van der Waals surface area (Å²) in [5.74, 6) is 2.41. The number of nitrogens with one attached hydrogen (secondary N) is 1. The molecule has 0 bridgehead atoms. The minimum atomic E-state index is -0.965. The van der Waals surface area contributed by atoms with Gasteiger partial charge in [0.25, 0.3) is 5.91 Å². The molecule has 0 aromatic heterocycles. The molecule has 1 rings (SSSR count). The second-order valence-corrected chi connectivity index (χ2v) is 3.07. The van der Waals surface area contributed by atoms with Gasteiger partial charge in [0, 0.05) is 0 Å². The Morgan fingerprint density at radius 2 is 2.07 bits per heavy atom. The predicted octanol–water partition coefficient (Wildman–Crippen LogP) is -0.175. The summed E-state index contributed by atoms with van der Waals surface area (Å²) in [5.41, 5.74) is 7.75. The number of hydrogen-bond acceptors (Lipinski definition) is 3. The number of amides is 1. The van der Waals surface area contributed by atoms with Crippen molar-refractivity contribution in [2.75, 3.05) is 0 Å². The maximum Gasteiger partial charge on any atom is 0.251 e. The highest BCUT2D eigenvalue weighted by Crippen LogP contribution is 2.09. The largest absolute Gasteiger partial charge is 0.320 e. The maximum absolute atomic E-state index is 12.8. The monoisotopic (exact) mass is 215 g/mol. The molecule has 4 nitrogen and oxygen atoms in total. The fourth-order valence-electron chi connectivity index (χ4n) is 1.12. The third-order valence-electron chi connectivity index (χ3n) is 1.92. The van der Waals surface area contributed by atoms with Gasteiger partial charge in [0.1, 0.15) is 0 Å². The maximum atomic E-state index is 12.8. The molecule has 1 unspecified atom stereocenters. The molecule has 15 heavy (non-hydrogen) atoms. The van der Waals surface area contributed by atoms with E-state index in [0.29, 0.717) is 5.56 Å². The summed E-state index contributed by atoms with van der Waals surface area (Å²) >= 11 is 0. The number of carbonyl (C=O) groups excluding carboxylic acids is 1. The van der Waals surface area contributed by atoms with E-state index in [1.54, 1.807) is 0 Å². The molecule has 1 aromatic carbocycles. The Morgan fingerprint density at radius 1 is 1.40 bits per heavy atom. The summed E-state index contributed by atoms with van der Waals surface area (Å²) in [7, 11) is 0. The standard InChI is InChI=1S/C9H11F2N3O/c10-6-2-1-5(3-7(6)11)4-8(12)9(15)14-13/h1-3,8H,4,12-13H2,(H,14,15). The first-order valence-corrected chi connectivity index (χ1v) is 4.24. The van der Waals surface area contributed by atoms with Crippen LogP contribution in [0.5, 0.6) is 0 Å². The summed E-state index contributed by atoms with van der Waals surface area (Å²) in [6.07, 6.45) is 0.0975. The number of nitrogens with two attached hydrogens (primary N) is 2. The molecular formula is C9H11F2N3O. The fourth-order valence-corrected chi connectivity index (χ4v) is 1.12. The van der Waals surface area contributed by atoms with Crippen LogP contribution in [-0.4, -0.2) is 11.9 Å². The normalized spacial score (nSPS) is 12.3. The molecule has 5 N–H and O–H groups in total. The van der Waals surface area contributed by atoms with Gasteiger partial charge in [-0.1, -0.05) is 6.07 Å². The van der Waals surface area contributed by atoms with Crippen molar-refractivity contribution < 1.29 is 13.6 Å². The molecule has 0 aliphatic carbocycles. The van der Waals surface area contributed by atoms with Crippen molar-refractivity contribution in [3.05, 3.63) is 35.4 Å². The molecule has 6 heteroatoms. The molecule has 1 atom stereocenters. The molecule has 0 saturated heterocycles. The van der Waals surface area contributed by atoms with Gasteiger partial charge in [0.05, 0.1) is 6.04 Å². The Morgan fingerprint density at radius 3 is 2.60 bits per heavy atom. The van der Waals surface area contributed by atoms with E-state index in [1.165, 1.54) is 6.07 Å². The topological polar surface area (TPSA) is 81.1 Å². The van der Waals surface area contributed by atoms with Crippen molar-refractivity contribution >= 4 is 5.91 Å². The van der Waals surface area contributed by atoms with Crippen LogP contribution in [0.15, 0.2) is 18.2 Å². The highest BCUT2D eigenvalue weighted by molar-refractivity contribution is 5.81. The van der Waals surface area contributed by atoms with E-state index in [1.807, 2.05) is 5.43 Å². The first-order valence-electron chi connectivity index (χ1n) is 4.24. The molecule has 1 amide bonds. The lowest BCUT2D eigenvalue weighted by Gasteiger charge is -2.09. The van der Waals surface area contributed by atoms with Gasteiger partial charge in [0.15, 0.2) is 11.6 Å². The second-order valence-electron chi connectivity index (χ2n) is 3.07. The highest BCUT2D eigenvalue weighted by atomic mass is 19.2. The van der Waals surface area contributed by atoms with E-state index in [0.717, 1.165) is 12.1 Å². The zero-order chi connectivity index (χ0) is 11.4. The van der Waals surface area contributed by atoms with Crippen LogP contribution in [0.2, 0.25) is 0 Å². The van der Waals surface area contributed by atoms with Crippen LogP contribution in [0.25, 0.3) is 0 Å². The van der Waals surface area contributed by atoms with Crippen LogP contribution in [0, 0.1) is 11.6 Å². The average Bonchev–Trinajstić information content (AvgIpc) is 2.22. The summed E-state index contributed by atoms with van der Waals surface area (Å²) in [4.78, 5) is 10.9. The Kier molecular flexibility index (Phi) is 3.70. The van der Waals surface area contributed by atoms with Crippen LogP contribution in [0.1, 0.15) is 5.56 Å². The molecule has 0 radical (unpaired) electrons. The average molecular weight is 215 g/mol. The first kappa shape index (κ1) is 11.5. The number of hydrogen-bond donors (Lipinski definition) is 3. The van der Waals surface area contributed by atoms with Crippen molar-refractivity contribution in [1.82, 2.24) is 5.43 Å². The van der Waals surface area contributed by atoms with E-state index in [9.17, 15) is 13.6 Å². The first-order chi connectivity index (χ1) is 7.04. The molecular weight excluding hydrogens is 204 g/mol. The highest BCUT2D eigenvalue weighted by Gasteiger charge is 2.13. The summed E-state index contributed by atoms with van der Waals surface area (Å²) in [6.45, 7) is 0. The summed E-state index contributed by atoms with van der Waals surface area (Å²) < 4.78 is 25.3. The van der Waals surface area contributed by atoms with E-state index >= 15 is 0 Å². The minimum absolute atomic E-state index is 0.0975. The number of rotatable bonds is 3. The minimum Gasteiger partial charge on any atom is -0.320 e. The molecule has 82 valence electrons. The predicted molar refractivity (Wildman–Crippen MR) is 50.4 cm³/mol. The number of benzene rings is 1. The van der Waals surface area contributed by atoms with Crippen molar-refractivity contribution in [2.24, 2.45) is 11.6 Å². The van der Waals surface area contributed by atoms with Gasteiger partial charge in [0.2, 0.25) is 0 Å². The smallest absolute Gasteiger partial charge is 0.251 e. The molecule has 1 aromatic rings. The SMILES string of the molecule is NNC(=O)C(N)Cc1ccc(F)c(F)c1. The summed E-state index contributed by atoms with van der Waals surface area (Å²) in [6, 6.07) is 2.47. The van der Waals surface area contributed by atoms with Crippen LogP contribution in [0.4, 0.5) is 8.78 Å². The van der Waals surface area contributed by atoms with Crippen molar-refractivity contribution in [1.29, 1.82) is 0 Å². The van der Waals surface area contributed by atoms with Gasteiger partial charge in [-0.2, -0.15) is 0 Å². The van der Waals surface area contributed by atoms with Crippen LogP contribution in [0.3, 0.4) is 0 Å². The Labute approximate surface area is 85.2 Å². The molecule has 0 aliphatic rings. The zero-order valence-corrected chi connectivity index (χ0v) is 7.84. The number of halogens is 2. The third kappa shape index (κ3) is 2.97. The molecule has 0 spiro atoms. The molecule has 0 fully saturated rings. The van der Waals surface area contributed by atoms with Crippen LogP contribution in [-0.2, 0) is 11.2 Å².